The van der Waals surface area contributed by atoms with Gasteiger partial charge in [0, 0.05) is 11.4 Å². The number of thioether (sulfide) groups is 1. The summed E-state index contributed by atoms with van der Waals surface area (Å²) >= 11 is 1.24. The molecule has 6 nitrogen and oxygen atoms in total. The Bertz CT molecular complexity index is 1510. The fourth-order valence-electron chi connectivity index (χ4n) is 3.95. The van der Waals surface area contributed by atoms with Gasteiger partial charge in [-0.2, -0.15) is 0 Å². The van der Waals surface area contributed by atoms with E-state index < -0.39 is 0 Å². The second kappa shape index (κ2) is 10.5. The third kappa shape index (κ3) is 4.74. The first-order valence-corrected chi connectivity index (χ1v) is 12.4. The maximum Gasteiger partial charge on any atom is 0.266 e. The average Bonchev–Trinajstić information content (AvgIpc) is 2.93. The minimum atomic E-state index is -0.191. The Balaban J connectivity index is 1.53. The predicted octanol–water partition coefficient (Wildman–Crippen LogP) is 5.85. The molecule has 5 aromatic rings. The van der Waals surface area contributed by atoms with Gasteiger partial charge in [0.05, 0.1) is 29.5 Å². The predicted molar refractivity (Wildman–Crippen MR) is 145 cm³/mol. The van der Waals surface area contributed by atoms with Gasteiger partial charge in [0.2, 0.25) is 5.91 Å². The van der Waals surface area contributed by atoms with Crippen LogP contribution in [0.25, 0.3) is 16.6 Å². The van der Waals surface area contributed by atoms with Gasteiger partial charge in [-0.05, 0) is 60.7 Å². The van der Waals surface area contributed by atoms with E-state index in [1.807, 2.05) is 84.9 Å². The molecule has 0 unspecified atom stereocenters. The van der Waals surface area contributed by atoms with Crippen LogP contribution in [-0.2, 0) is 4.79 Å². The quantitative estimate of drug-likeness (QED) is 0.210. The van der Waals surface area contributed by atoms with Crippen molar-refractivity contribution in [2.45, 2.75) is 5.16 Å². The van der Waals surface area contributed by atoms with Crippen LogP contribution >= 0.6 is 11.8 Å². The number of nitrogens with zero attached hydrogens (tertiary/aromatic N) is 3. The van der Waals surface area contributed by atoms with E-state index in [4.69, 9.17) is 9.72 Å². The SMILES string of the molecule is COc1ccc(-n2c(SCC(=O)N(c3ccccc3)c3ccccc3)nc3ccccc3c2=O)cc1. The highest BCUT2D eigenvalue weighted by atomic mass is 32.2. The van der Waals surface area contributed by atoms with E-state index >= 15 is 0 Å². The largest absolute Gasteiger partial charge is 0.497 e. The van der Waals surface area contributed by atoms with Gasteiger partial charge in [-0.1, -0.05) is 60.3 Å². The van der Waals surface area contributed by atoms with Gasteiger partial charge < -0.3 is 4.74 Å². The summed E-state index contributed by atoms with van der Waals surface area (Å²) in [6.45, 7) is 0. The number of fused-ring (bicyclic) bond motifs is 1. The normalized spacial score (nSPS) is 10.8. The van der Waals surface area contributed by atoms with Crippen LogP contribution in [0, 0.1) is 0 Å². The molecule has 0 aliphatic rings. The number of rotatable bonds is 7. The summed E-state index contributed by atoms with van der Waals surface area (Å²) in [6, 6.07) is 33.5. The van der Waals surface area contributed by atoms with E-state index in [0.29, 0.717) is 27.5 Å². The number of amides is 1. The molecule has 0 saturated carbocycles. The molecule has 5 rings (SSSR count). The number of anilines is 2. The van der Waals surface area contributed by atoms with Crippen LogP contribution in [0.3, 0.4) is 0 Å². The van der Waals surface area contributed by atoms with Crippen molar-refractivity contribution in [1.82, 2.24) is 9.55 Å². The van der Waals surface area contributed by atoms with Crippen LogP contribution in [0.15, 0.2) is 119 Å². The van der Waals surface area contributed by atoms with Gasteiger partial charge in [-0.15, -0.1) is 0 Å². The second-order valence-electron chi connectivity index (χ2n) is 7.94. The van der Waals surface area contributed by atoms with Crippen molar-refractivity contribution in [2.24, 2.45) is 0 Å². The maximum absolute atomic E-state index is 13.6. The monoisotopic (exact) mass is 493 g/mol. The number of para-hydroxylation sites is 3. The topological polar surface area (TPSA) is 64.4 Å². The molecule has 0 aliphatic heterocycles. The van der Waals surface area contributed by atoms with Gasteiger partial charge in [0.1, 0.15) is 5.75 Å². The molecule has 0 radical (unpaired) electrons. The summed E-state index contributed by atoms with van der Waals surface area (Å²) in [5.41, 5.74) is 2.59. The standard InChI is InChI=1S/C29H23N3O3S/c1-35-24-18-16-23(17-19-24)32-28(34)25-14-8-9-15-26(25)30-29(32)36-20-27(33)31(21-10-4-2-5-11-21)22-12-6-3-7-13-22/h2-19H,20H2,1H3. The van der Waals surface area contributed by atoms with Gasteiger partial charge in [0.25, 0.3) is 5.56 Å². The van der Waals surface area contributed by atoms with Gasteiger partial charge in [-0.3, -0.25) is 19.1 Å². The van der Waals surface area contributed by atoms with Crippen molar-refractivity contribution in [3.05, 3.63) is 120 Å². The van der Waals surface area contributed by atoms with Gasteiger partial charge >= 0.3 is 0 Å². The fourth-order valence-corrected chi connectivity index (χ4v) is 4.81. The van der Waals surface area contributed by atoms with Crippen molar-refractivity contribution in [3.8, 4) is 11.4 Å². The summed E-state index contributed by atoms with van der Waals surface area (Å²) in [7, 11) is 1.59. The summed E-state index contributed by atoms with van der Waals surface area (Å²) in [4.78, 5) is 33.5. The number of hydrogen-bond acceptors (Lipinski definition) is 5. The summed E-state index contributed by atoms with van der Waals surface area (Å²) in [5, 5.41) is 0.956. The first kappa shape index (κ1) is 23.4. The van der Waals surface area contributed by atoms with Crippen molar-refractivity contribution in [2.75, 3.05) is 17.8 Å². The van der Waals surface area contributed by atoms with E-state index in [-0.39, 0.29) is 17.2 Å². The average molecular weight is 494 g/mol. The Hall–Kier alpha value is -4.36. The lowest BCUT2D eigenvalue weighted by molar-refractivity contribution is -0.115. The first-order valence-electron chi connectivity index (χ1n) is 11.4. The molecule has 0 saturated heterocycles. The number of carbonyl (C=O) groups is 1. The zero-order valence-corrected chi connectivity index (χ0v) is 20.4. The Kier molecular flexibility index (Phi) is 6.82. The zero-order chi connectivity index (χ0) is 24.9. The summed E-state index contributed by atoms with van der Waals surface area (Å²) in [5.74, 6) is 0.650. The van der Waals surface area contributed by atoms with Crippen LogP contribution < -0.4 is 15.2 Å². The first-order chi connectivity index (χ1) is 17.7. The second-order valence-corrected chi connectivity index (χ2v) is 8.88. The molecular formula is C29H23N3O3S. The van der Waals surface area contributed by atoms with Gasteiger partial charge in [0.15, 0.2) is 5.16 Å². The van der Waals surface area contributed by atoms with Crippen LogP contribution in [0.1, 0.15) is 0 Å². The minimum Gasteiger partial charge on any atom is -0.497 e. The number of carbonyl (C=O) groups excluding carboxylic acids is 1. The van der Waals surface area contributed by atoms with Gasteiger partial charge in [-0.25, -0.2) is 4.98 Å². The maximum atomic E-state index is 13.6. The molecule has 0 N–H and O–H groups in total. The van der Waals surface area contributed by atoms with E-state index in [1.165, 1.54) is 11.8 Å². The van der Waals surface area contributed by atoms with E-state index in [2.05, 4.69) is 0 Å². The van der Waals surface area contributed by atoms with Crippen LogP contribution in [0.5, 0.6) is 5.75 Å². The summed E-state index contributed by atoms with van der Waals surface area (Å²) in [6.07, 6.45) is 0. The van der Waals surface area contributed by atoms with Crippen molar-refractivity contribution >= 4 is 39.9 Å². The third-order valence-electron chi connectivity index (χ3n) is 5.68. The molecule has 1 heterocycles. The molecule has 0 bridgehead atoms. The Morgan fingerprint density at radius 2 is 1.42 bits per heavy atom. The molecule has 0 aliphatic carbocycles. The highest BCUT2D eigenvalue weighted by Crippen LogP contribution is 2.28. The number of aromatic nitrogens is 2. The Morgan fingerprint density at radius 1 is 0.833 bits per heavy atom. The Morgan fingerprint density at radius 3 is 2.03 bits per heavy atom. The molecule has 0 fully saturated rings. The van der Waals surface area contributed by atoms with E-state index in [0.717, 1.165) is 11.4 Å². The molecular weight excluding hydrogens is 470 g/mol. The number of methoxy groups -OCH3 is 1. The molecule has 0 spiro atoms. The lowest BCUT2D eigenvalue weighted by Crippen LogP contribution is -2.28. The molecule has 36 heavy (non-hydrogen) atoms. The number of ether oxygens (including phenoxy) is 1. The zero-order valence-electron chi connectivity index (χ0n) is 19.6. The lowest BCUT2D eigenvalue weighted by atomic mass is 10.2. The van der Waals surface area contributed by atoms with Crippen molar-refractivity contribution in [1.29, 1.82) is 0 Å². The minimum absolute atomic E-state index is 0.0880. The smallest absolute Gasteiger partial charge is 0.266 e. The van der Waals surface area contributed by atoms with Crippen molar-refractivity contribution < 1.29 is 9.53 Å². The highest BCUT2D eigenvalue weighted by molar-refractivity contribution is 7.99. The lowest BCUT2D eigenvalue weighted by Gasteiger charge is -2.23. The fraction of sp³-hybridized carbons (Fsp3) is 0.0690. The summed E-state index contributed by atoms with van der Waals surface area (Å²) < 4.78 is 6.82. The number of benzene rings is 4. The molecule has 0 atom stereocenters. The van der Waals surface area contributed by atoms with Crippen LogP contribution in [0.2, 0.25) is 0 Å². The third-order valence-corrected chi connectivity index (χ3v) is 6.60. The van der Waals surface area contributed by atoms with Crippen molar-refractivity contribution in [3.63, 3.8) is 0 Å². The molecule has 1 amide bonds. The van der Waals surface area contributed by atoms with Crippen LogP contribution in [0.4, 0.5) is 11.4 Å². The van der Waals surface area contributed by atoms with E-state index in [9.17, 15) is 9.59 Å². The molecule has 7 heteroatoms. The highest BCUT2D eigenvalue weighted by Gasteiger charge is 2.20. The molecule has 4 aromatic carbocycles. The number of hydrogen-bond donors (Lipinski definition) is 0. The Labute approximate surface area is 212 Å². The van der Waals surface area contributed by atoms with Crippen LogP contribution in [-0.4, -0.2) is 28.3 Å². The van der Waals surface area contributed by atoms with E-state index in [1.54, 1.807) is 40.8 Å². The molecule has 178 valence electrons. The molecule has 1 aromatic heterocycles.